The molecule has 0 radical (unpaired) electrons. The molecule has 6 rings (SSSR count). The first-order valence-corrected chi connectivity index (χ1v) is 11.9. The summed E-state index contributed by atoms with van der Waals surface area (Å²) in [5.41, 5.74) is 0.407. The Morgan fingerprint density at radius 2 is 2.06 bits per heavy atom. The Morgan fingerprint density at radius 3 is 2.87 bits per heavy atom. The van der Waals surface area contributed by atoms with Gasteiger partial charge in [0.25, 0.3) is 0 Å². The van der Waals surface area contributed by atoms with Crippen LogP contribution in [0.4, 0.5) is 0 Å². The maximum absolute atomic E-state index is 12.1. The predicted molar refractivity (Wildman–Crippen MR) is 111 cm³/mol. The number of fused-ring (bicyclic) bond motifs is 3. The zero-order valence-corrected chi connectivity index (χ0v) is 19.0. The monoisotopic (exact) mass is 433 g/mol. The number of hydrogen-bond donors (Lipinski definition) is 0. The maximum Gasteiger partial charge on any atom is 0.325 e. The highest BCUT2D eigenvalue weighted by Crippen LogP contribution is 2.61. The van der Waals surface area contributed by atoms with Gasteiger partial charge in [0.15, 0.2) is 11.9 Å². The molecule has 4 aliphatic heterocycles. The van der Waals surface area contributed by atoms with Gasteiger partial charge in [-0.2, -0.15) is 0 Å². The van der Waals surface area contributed by atoms with E-state index in [-0.39, 0.29) is 30.5 Å². The molecule has 7 heteroatoms. The van der Waals surface area contributed by atoms with E-state index >= 15 is 0 Å². The third kappa shape index (κ3) is 3.36. The second-order valence-electron chi connectivity index (χ2n) is 10.0. The summed E-state index contributed by atoms with van der Waals surface area (Å²) in [6.45, 7) is 8.90. The lowest BCUT2D eigenvalue weighted by Crippen LogP contribution is -2.71. The van der Waals surface area contributed by atoms with Crippen molar-refractivity contribution in [1.29, 1.82) is 0 Å². The maximum atomic E-state index is 12.1. The molecule has 5 heterocycles. The minimum absolute atomic E-state index is 0.182. The fourth-order valence-electron chi connectivity index (χ4n) is 6.64. The third-order valence-electron chi connectivity index (χ3n) is 8.16. The van der Waals surface area contributed by atoms with Gasteiger partial charge in [-0.05, 0) is 69.4 Å². The van der Waals surface area contributed by atoms with Crippen LogP contribution in [0.3, 0.4) is 0 Å². The lowest BCUT2D eigenvalue weighted by molar-refractivity contribution is -0.586. The Bertz CT molecular complexity index is 825. The van der Waals surface area contributed by atoms with Crippen LogP contribution < -0.4 is 0 Å². The van der Waals surface area contributed by atoms with Crippen molar-refractivity contribution in [1.82, 2.24) is 4.57 Å². The fourth-order valence-corrected chi connectivity index (χ4v) is 6.64. The number of rotatable bonds is 4. The van der Waals surface area contributed by atoms with E-state index in [9.17, 15) is 4.79 Å². The quantitative estimate of drug-likeness (QED) is 0.519. The van der Waals surface area contributed by atoms with Crippen LogP contribution in [0.5, 0.6) is 0 Å². The molecular weight excluding hydrogens is 398 g/mol. The van der Waals surface area contributed by atoms with Crippen LogP contribution in [-0.4, -0.2) is 34.8 Å². The van der Waals surface area contributed by atoms with Gasteiger partial charge in [0, 0.05) is 24.2 Å². The number of esters is 1. The van der Waals surface area contributed by atoms with E-state index in [1.165, 1.54) is 6.42 Å². The van der Waals surface area contributed by atoms with Gasteiger partial charge in [0.2, 0.25) is 5.79 Å². The molecule has 31 heavy (non-hydrogen) atoms. The van der Waals surface area contributed by atoms with Gasteiger partial charge in [-0.3, -0.25) is 4.79 Å². The lowest BCUT2D eigenvalue weighted by atomic mass is 9.56. The van der Waals surface area contributed by atoms with E-state index < -0.39 is 17.7 Å². The Labute approximate surface area is 184 Å². The van der Waals surface area contributed by atoms with Crippen molar-refractivity contribution < 1.29 is 28.8 Å². The molecule has 8 atom stereocenters. The van der Waals surface area contributed by atoms with Crippen molar-refractivity contribution in [2.75, 3.05) is 6.61 Å². The first-order valence-electron chi connectivity index (χ1n) is 11.9. The van der Waals surface area contributed by atoms with Crippen molar-refractivity contribution in [3.8, 4) is 0 Å². The Kier molecular flexibility index (Phi) is 5.44. The molecule has 1 aromatic heterocycles. The van der Waals surface area contributed by atoms with Gasteiger partial charge in [0.05, 0.1) is 6.61 Å². The molecule has 0 N–H and O–H groups in total. The first-order chi connectivity index (χ1) is 14.9. The molecule has 1 aliphatic carbocycles. The second kappa shape index (κ2) is 7.87. The molecule has 0 amide bonds. The van der Waals surface area contributed by atoms with Gasteiger partial charge in [-0.1, -0.05) is 13.8 Å². The van der Waals surface area contributed by atoms with E-state index in [4.69, 9.17) is 24.0 Å². The molecule has 0 aromatic carbocycles. The van der Waals surface area contributed by atoms with Crippen LogP contribution in [-0.2, 0) is 35.3 Å². The summed E-state index contributed by atoms with van der Waals surface area (Å²) < 4.78 is 20.4. The molecule has 7 nitrogen and oxygen atoms in total. The number of carbonyl (C=O) groups is 1. The highest BCUT2D eigenvalue weighted by Gasteiger charge is 2.68. The number of carbonyl (C=O) groups excluding carboxylic acids is 1. The lowest BCUT2D eigenvalue weighted by Gasteiger charge is -2.63. The van der Waals surface area contributed by atoms with Crippen molar-refractivity contribution >= 4 is 5.97 Å². The topological polar surface area (TPSA) is 68.2 Å². The number of nitrogens with zero attached hydrogens (tertiary/aromatic N) is 1. The zero-order chi connectivity index (χ0) is 21.8. The average molecular weight is 434 g/mol. The Balaban J connectivity index is 1.50. The summed E-state index contributed by atoms with van der Waals surface area (Å²) in [6.07, 6.45) is 6.43. The van der Waals surface area contributed by atoms with Crippen LogP contribution in [0.2, 0.25) is 0 Å². The smallest absolute Gasteiger partial charge is 0.325 e. The highest BCUT2D eigenvalue weighted by atomic mass is 17.3. The first kappa shape index (κ1) is 21.4. The van der Waals surface area contributed by atoms with Gasteiger partial charge < -0.3 is 18.8 Å². The fraction of sp³-hybridized carbons (Fsp3) is 0.792. The summed E-state index contributed by atoms with van der Waals surface area (Å²) in [6, 6.07) is 4.01. The summed E-state index contributed by atoms with van der Waals surface area (Å²) in [7, 11) is 0. The zero-order valence-electron chi connectivity index (χ0n) is 19.0. The Hall–Kier alpha value is -1.41. The van der Waals surface area contributed by atoms with E-state index in [1.807, 2.05) is 36.7 Å². The molecule has 1 saturated carbocycles. The molecule has 5 aliphatic rings. The summed E-state index contributed by atoms with van der Waals surface area (Å²) in [5, 5.41) is 0. The molecule has 4 saturated heterocycles. The summed E-state index contributed by atoms with van der Waals surface area (Å²) in [5.74, 6) is 0.301. The van der Waals surface area contributed by atoms with Crippen LogP contribution in [0.1, 0.15) is 71.6 Å². The normalized spacial score (nSPS) is 44.3. The molecule has 172 valence electrons. The Morgan fingerprint density at radius 1 is 1.23 bits per heavy atom. The predicted octanol–water partition coefficient (Wildman–Crippen LogP) is 4.36. The molecule has 0 unspecified atom stereocenters. The van der Waals surface area contributed by atoms with Crippen molar-refractivity contribution in [2.45, 2.75) is 90.1 Å². The number of ether oxygens (including phenoxy) is 3. The van der Waals surface area contributed by atoms with E-state index in [0.29, 0.717) is 18.4 Å². The standard InChI is InChI=1S/C24H35NO6/c1-5-27-20(26)14-25-13-7-9-19(25)21-16(3)18-11-10-15(2)17-8-6-12-23(4)29-22(28-21)24(17,18)31-30-23/h7,9,13,15-18,21-22H,5-6,8,10-12,14H2,1-4H3/t15-,16-,17+,18+,21-,22-,23+,24-/m1/s1. The van der Waals surface area contributed by atoms with E-state index in [2.05, 4.69) is 13.8 Å². The number of aromatic nitrogens is 1. The third-order valence-corrected chi connectivity index (χ3v) is 8.16. The summed E-state index contributed by atoms with van der Waals surface area (Å²) in [4.78, 5) is 24.4. The molecule has 5 fully saturated rings. The molecule has 1 spiro atoms. The van der Waals surface area contributed by atoms with E-state index in [1.54, 1.807) is 0 Å². The molecule has 1 aromatic rings. The largest absolute Gasteiger partial charge is 0.465 e. The van der Waals surface area contributed by atoms with Gasteiger partial charge in [-0.25, -0.2) is 9.78 Å². The average Bonchev–Trinajstić information content (AvgIpc) is 3.16. The minimum Gasteiger partial charge on any atom is -0.465 e. The van der Waals surface area contributed by atoms with Crippen LogP contribution in [0, 0.1) is 23.7 Å². The van der Waals surface area contributed by atoms with Crippen LogP contribution in [0.25, 0.3) is 0 Å². The second-order valence-corrected chi connectivity index (χ2v) is 10.0. The van der Waals surface area contributed by atoms with Crippen LogP contribution in [0.15, 0.2) is 18.3 Å². The van der Waals surface area contributed by atoms with Gasteiger partial charge >= 0.3 is 5.97 Å². The van der Waals surface area contributed by atoms with Crippen molar-refractivity contribution in [3.63, 3.8) is 0 Å². The molecular formula is C24H35NO6. The number of hydrogen-bond acceptors (Lipinski definition) is 6. The van der Waals surface area contributed by atoms with Crippen molar-refractivity contribution in [3.05, 3.63) is 24.0 Å². The van der Waals surface area contributed by atoms with E-state index in [0.717, 1.165) is 31.4 Å². The highest BCUT2D eigenvalue weighted by molar-refractivity contribution is 5.69. The van der Waals surface area contributed by atoms with Gasteiger partial charge in [-0.15, -0.1) is 0 Å². The van der Waals surface area contributed by atoms with Gasteiger partial charge in [0.1, 0.15) is 12.6 Å². The minimum atomic E-state index is -0.788. The summed E-state index contributed by atoms with van der Waals surface area (Å²) >= 11 is 0. The SMILES string of the molecule is CCOC(=O)Cn1cccc1[C@@H]1O[C@@H]2O[C@]3(C)CCC[C@H]4[C@H](C)CC[C@@H]([C@H]1C)[C@@]24OO3. The molecule has 2 bridgehead atoms. The van der Waals surface area contributed by atoms with Crippen molar-refractivity contribution in [2.24, 2.45) is 23.7 Å². The van der Waals surface area contributed by atoms with Crippen LogP contribution >= 0.6 is 0 Å².